The van der Waals surface area contributed by atoms with Crippen molar-refractivity contribution in [3.63, 3.8) is 0 Å². The molecule has 0 aliphatic heterocycles. The van der Waals surface area contributed by atoms with Gasteiger partial charge in [-0.15, -0.1) is 11.3 Å². The summed E-state index contributed by atoms with van der Waals surface area (Å²) in [5, 5.41) is 3.56. The second-order valence-corrected chi connectivity index (χ2v) is 5.27. The number of benzene rings is 1. The minimum Gasteiger partial charge on any atom is -0.383 e. The van der Waals surface area contributed by atoms with Crippen LogP contribution in [0.15, 0.2) is 29.6 Å². The highest BCUT2D eigenvalue weighted by Gasteiger charge is 2.13. The van der Waals surface area contributed by atoms with Crippen molar-refractivity contribution in [2.45, 2.75) is 6.92 Å². The molecule has 0 saturated carbocycles. The van der Waals surface area contributed by atoms with Gasteiger partial charge < -0.3 is 5.73 Å². The fraction of sp³-hybridized carbons (Fsp3) is 0.0769. The lowest BCUT2D eigenvalue weighted by Gasteiger charge is -2.04. The van der Waals surface area contributed by atoms with Gasteiger partial charge in [0.2, 0.25) is 0 Å². The van der Waals surface area contributed by atoms with Crippen LogP contribution in [0.4, 0.5) is 5.82 Å². The maximum absolute atomic E-state index is 6.24. The van der Waals surface area contributed by atoms with Crippen LogP contribution in [-0.4, -0.2) is 9.97 Å². The zero-order valence-electron chi connectivity index (χ0n) is 9.64. The van der Waals surface area contributed by atoms with E-state index in [1.165, 1.54) is 11.3 Å². The molecule has 0 amide bonds. The van der Waals surface area contributed by atoms with Crippen molar-refractivity contribution in [2.75, 3.05) is 5.73 Å². The summed E-state index contributed by atoms with van der Waals surface area (Å²) in [7, 11) is 0. The van der Waals surface area contributed by atoms with Gasteiger partial charge in [-0.3, -0.25) is 0 Å². The van der Waals surface area contributed by atoms with Crippen LogP contribution in [0.25, 0.3) is 21.6 Å². The normalized spacial score (nSPS) is 11.0. The number of aromatic nitrogens is 2. The molecule has 0 unspecified atom stereocenters. The van der Waals surface area contributed by atoms with Gasteiger partial charge in [0.15, 0.2) is 5.82 Å². The van der Waals surface area contributed by atoms with Crippen LogP contribution in [0.2, 0.25) is 5.02 Å². The summed E-state index contributed by atoms with van der Waals surface area (Å²) in [6.07, 6.45) is 0. The van der Waals surface area contributed by atoms with E-state index in [-0.39, 0.29) is 0 Å². The van der Waals surface area contributed by atoms with E-state index in [9.17, 15) is 0 Å². The number of hydrogen-bond acceptors (Lipinski definition) is 4. The fourth-order valence-electron chi connectivity index (χ4n) is 1.78. The minimum atomic E-state index is 0.484. The van der Waals surface area contributed by atoms with Gasteiger partial charge in [0.25, 0.3) is 0 Å². The highest BCUT2D eigenvalue weighted by Crippen LogP contribution is 2.35. The summed E-state index contributed by atoms with van der Waals surface area (Å²) in [6, 6.07) is 7.69. The molecule has 18 heavy (non-hydrogen) atoms. The summed E-state index contributed by atoms with van der Waals surface area (Å²) < 4.78 is 0. The molecule has 2 heterocycles. The third-order valence-electron chi connectivity index (χ3n) is 2.73. The lowest BCUT2D eigenvalue weighted by Crippen LogP contribution is -1.97. The van der Waals surface area contributed by atoms with Crippen molar-refractivity contribution in [3.8, 4) is 10.7 Å². The van der Waals surface area contributed by atoms with E-state index in [1.54, 1.807) is 0 Å². The molecule has 90 valence electrons. The molecule has 3 rings (SSSR count). The number of para-hydroxylation sites is 1. The number of nitrogens with zero attached hydrogens (tertiary/aromatic N) is 2. The maximum atomic E-state index is 6.24. The van der Waals surface area contributed by atoms with Crippen LogP contribution in [0.3, 0.4) is 0 Å². The molecule has 0 atom stereocenters. The smallest absolute Gasteiger partial charge is 0.173 e. The predicted octanol–water partition coefficient (Wildman–Crippen LogP) is 3.90. The Morgan fingerprint density at radius 1 is 1.22 bits per heavy atom. The third kappa shape index (κ3) is 1.74. The molecule has 1 aromatic carbocycles. The summed E-state index contributed by atoms with van der Waals surface area (Å²) in [6.45, 7) is 1.97. The zero-order chi connectivity index (χ0) is 12.7. The van der Waals surface area contributed by atoms with Crippen LogP contribution in [0, 0.1) is 6.92 Å². The Balaban J connectivity index is 2.28. The Labute approximate surface area is 113 Å². The Morgan fingerprint density at radius 2 is 2.00 bits per heavy atom. The number of rotatable bonds is 1. The highest BCUT2D eigenvalue weighted by atomic mass is 35.5. The molecule has 2 N–H and O–H groups in total. The van der Waals surface area contributed by atoms with E-state index < -0.39 is 0 Å². The number of hydrogen-bond donors (Lipinski definition) is 1. The van der Waals surface area contributed by atoms with Gasteiger partial charge in [-0.1, -0.05) is 23.7 Å². The van der Waals surface area contributed by atoms with E-state index in [0.29, 0.717) is 16.7 Å². The van der Waals surface area contributed by atoms with Crippen molar-refractivity contribution in [2.24, 2.45) is 0 Å². The number of nitrogens with two attached hydrogens (primary N) is 1. The number of aryl methyl sites for hydroxylation is 1. The second kappa shape index (κ2) is 4.23. The fourth-order valence-corrected chi connectivity index (χ4v) is 2.99. The van der Waals surface area contributed by atoms with Gasteiger partial charge in [-0.25, -0.2) is 9.97 Å². The molecule has 0 fully saturated rings. The third-order valence-corrected chi connectivity index (χ3v) is 4.43. The first kappa shape index (κ1) is 11.4. The standard InChI is InChI=1S/C13H10ClN3S/c1-7-6-18-11(10(7)14)13-16-9-5-3-2-4-8(9)12(15)17-13/h2-6H,1H3,(H2,15,16,17). The van der Waals surface area contributed by atoms with Crippen LogP contribution in [-0.2, 0) is 0 Å². The van der Waals surface area contributed by atoms with E-state index >= 15 is 0 Å². The molecular formula is C13H10ClN3S. The first-order valence-electron chi connectivity index (χ1n) is 5.43. The van der Waals surface area contributed by atoms with E-state index in [0.717, 1.165) is 21.3 Å². The second-order valence-electron chi connectivity index (χ2n) is 4.01. The van der Waals surface area contributed by atoms with Gasteiger partial charge >= 0.3 is 0 Å². The topological polar surface area (TPSA) is 51.8 Å². The molecule has 2 aromatic heterocycles. The molecule has 0 radical (unpaired) electrons. The molecule has 0 bridgehead atoms. The Hall–Kier alpha value is -1.65. The van der Waals surface area contributed by atoms with Crippen LogP contribution < -0.4 is 5.73 Å². The molecule has 0 saturated heterocycles. The van der Waals surface area contributed by atoms with Crippen molar-refractivity contribution in [1.29, 1.82) is 0 Å². The number of anilines is 1. The highest BCUT2D eigenvalue weighted by molar-refractivity contribution is 7.14. The van der Waals surface area contributed by atoms with Crippen LogP contribution in [0.5, 0.6) is 0 Å². The number of fused-ring (bicyclic) bond motifs is 1. The average Bonchev–Trinajstić information content (AvgIpc) is 2.70. The average molecular weight is 276 g/mol. The SMILES string of the molecule is Cc1csc(-c2nc(N)c3ccccc3n2)c1Cl. The summed E-state index contributed by atoms with van der Waals surface area (Å²) >= 11 is 7.77. The summed E-state index contributed by atoms with van der Waals surface area (Å²) in [5.74, 6) is 1.08. The Kier molecular flexibility index (Phi) is 2.69. The quantitative estimate of drug-likeness (QED) is 0.733. The van der Waals surface area contributed by atoms with Crippen molar-refractivity contribution < 1.29 is 0 Å². The van der Waals surface area contributed by atoms with Gasteiger partial charge in [0.1, 0.15) is 5.82 Å². The zero-order valence-corrected chi connectivity index (χ0v) is 11.2. The van der Waals surface area contributed by atoms with Crippen LogP contribution in [0.1, 0.15) is 5.56 Å². The largest absolute Gasteiger partial charge is 0.383 e. The number of thiophene rings is 1. The minimum absolute atomic E-state index is 0.484. The summed E-state index contributed by atoms with van der Waals surface area (Å²) in [5.41, 5.74) is 7.83. The molecular weight excluding hydrogens is 266 g/mol. The van der Waals surface area contributed by atoms with Gasteiger partial charge in [0.05, 0.1) is 15.4 Å². The Bertz CT molecular complexity index is 736. The molecule has 3 aromatic rings. The Morgan fingerprint density at radius 3 is 2.72 bits per heavy atom. The van der Waals surface area contributed by atoms with E-state index in [1.807, 2.05) is 36.6 Å². The lowest BCUT2D eigenvalue weighted by molar-refractivity contribution is 1.24. The van der Waals surface area contributed by atoms with Gasteiger partial charge in [-0.2, -0.15) is 0 Å². The van der Waals surface area contributed by atoms with Crippen LogP contribution >= 0.6 is 22.9 Å². The predicted molar refractivity (Wildman–Crippen MR) is 77.0 cm³/mol. The molecule has 0 aliphatic rings. The summed E-state index contributed by atoms with van der Waals surface area (Å²) in [4.78, 5) is 9.72. The van der Waals surface area contributed by atoms with Crippen molar-refractivity contribution in [1.82, 2.24) is 9.97 Å². The first-order valence-corrected chi connectivity index (χ1v) is 6.69. The van der Waals surface area contributed by atoms with Gasteiger partial charge in [-0.05, 0) is 30.0 Å². The van der Waals surface area contributed by atoms with E-state index in [4.69, 9.17) is 17.3 Å². The monoisotopic (exact) mass is 275 g/mol. The van der Waals surface area contributed by atoms with Crippen molar-refractivity contribution in [3.05, 3.63) is 40.2 Å². The molecule has 0 aliphatic carbocycles. The first-order chi connectivity index (χ1) is 8.66. The van der Waals surface area contributed by atoms with E-state index in [2.05, 4.69) is 9.97 Å². The number of nitrogen functional groups attached to an aromatic ring is 1. The molecule has 5 heteroatoms. The van der Waals surface area contributed by atoms with Gasteiger partial charge in [0, 0.05) is 5.39 Å². The molecule has 3 nitrogen and oxygen atoms in total. The lowest BCUT2D eigenvalue weighted by atomic mass is 10.2. The maximum Gasteiger partial charge on any atom is 0.173 e. The molecule has 0 spiro atoms. The number of halogens is 1. The van der Waals surface area contributed by atoms with Crippen molar-refractivity contribution >= 4 is 39.7 Å².